The highest BCUT2D eigenvalue weighted by Gasteiger charge is 2.19. The Morgan fingerprint density at radius 3 is 0.829 bits per heavy atom. The van der Waals surface area contributed by atoms with Crippen LogP contribution in [-0.2, 0) is 28.6 Å². The van der Waals surface area contributed by atoms with Crippen molar-refractivity contribution in [3.63, 3.8) is 0 Å². The van der Waals surface area contributed by atoms with Gasteiger partial charge in [-0.2, -0.15) is 0 Å². The van der Waals surface area contributed by atoms with Gasteiger partial charge < -0.3 is 14.2 Å². The van der Waals surface area contributed by atoms with Crippen LogP contribution in [0.2, 0.25) is 0 Å². The van der Waals surface area contributed by atoms with Crippen molar-refractivity contribution in [2.45, 2.75) is 316 Å². The lowest BCUT2D eigenvalue weighted by Gasteiger charge is -2.18. The first kappa shape index (κ1) is 72.3. The highest BCUT2D eigenvalue weighted by Crippen LogP contribution is 2.16. The molecule has 0 amide bonds. The molecule has 0 heterocycles. The van der Waals surface area contributed by atoms with E-state index in [-0.39, 0.29) is 31.1 Å². The van der Waals surface area contributed by atoms with Crippen LogP contribution in [0, 0.1) is 0 Å². The smallest absolute Gasteiger partial charge is 0.306 e. The highest BCUT2D eigenvalue weighted by atomic mass is 16.6. The van der Waals surface area contributed by atoms with Gasteiger partial charge in [0.15, 0.2) is 6.10 Å². The molecule has 0 spiro atoms. The Morgan fingerprint density at radius 1 is 0.276 bits per heavy atom. The van der Waals surface area contributed by atoms with Crippen LogP contribution in [0.5, 0.6) is 0 Å². The fraction of sp³-hybridized carbons (Fsp3) is 0.729. The van der Waals surface area contributed by atoms with Crippen molar-refractivity contribution < 1.29 is 28.6 Å². The maximum Gasteiger partial charge on any atom is 0.306 e. The topological polar surface area (TPSA) is 78.9 Å². The first-order valence-electron chi connectivity index (χ1n) is 32.2. The number of carbonyl (C=O) groups excluding carboxylic acids is 3. The fourth-order valence-electron chi connectivity index (χ4n) is 8.97. The molecule has 0 N–H and O–H groups in total. The maximum atomic E-state index is 12.9. The lowest BCUT2D eigenvalue weighted by Crippen LogP contribution is -2.30. The molecule has 0 fully saturated rings. The largest absolute Gasteiger partial charge is 0.462 e. The molecular weight excluding hydrogens is 937 g/mol. The van der Waals surface area contributed by atoms with Gasteiger partial charge in [-0.25, -0.2) is 0 Å². The minimum absolute atomic E-state index is 0.0868. The van der Waals surface area contributed by atoms with E-state index in [1.165, 1.54) is 141 Å². The Kier molecular flexibility index (Phi) is 60.8. The van der Waals surface area contributed by atoms with E-state index in [0.717, 1.165) is 128 Å². The Labute approximate surface area is 470 Å². The van der Waals surface area contributed by atoms with Gasteiger partial charge in [0.1, 0.15) is 13.2 Å². The quantitative estimate of drug-likeness (QED) is 0.0261. The van der Waals surface area contributed by atoms with Gasteiger partial charge in [-0.3, -0.25) is 14.4 Å². The minimum Gasteiger partial charge on any atom is -0.462 e. The number of allylic oxidation sites excluding steroid dienone is 16. The summed E-state index contributed by atoms with van der Waals surface area (Å²) in [6.07, 6.45) is 85.5. The molecular formula is C70H120O6. The molecule has 0 saturated carbocycles. The SMILES string of the molecule is CC/C=C\C/C=C\C/C=C\C/C=C\CCCCCCCCCCCCCCCCC(=O)OCC(COC(=O)CCCCCCC/C=C\C/C=C\CCCCC)OC(=O)CCCCCCC/C=C\C/C=C\CCCCCC. The van der Waals surface area contributed by atoms with Crippen LogP contribution in [0.15, 0.2) is 97.2 Å². The third kappa shape index (κ3) is 61.2. The number of esters is 3. The Bertz CT molecular complexity index is 1490. The van der Waals surface area contributed by atoms with Gasteiger partial charge in [0, 0.05) is 19.3 Å². The van der Waals surface area contributed by atoms with Crippen molar-refractivity contribution in [1.82, 2.24) is 0 Å². The van der Waals surface area contributed by atoms with Crippen LogP contribution < -0.4 is 0 Å². The van der Waals surface area contributed by atoms with Crippen molar-refractivity contribution in [1.29, 1.82) is 0 Å². The first-order chi connectivity index (χ1) is 37.5. The average molecular weight is 1060 g/mol. The molecule has 0 rings (SSSR count). The molecule has 0 aliphatic carbocycles. The number of ether oxygens (including phenoxy) is 3. The second kappa shape index (κ2) is 63.9. The average Bonchev–Trinajstić information content (AvgIpc) is 3.42. The van der Waals surface area contributed by atoms with Gasteiger partial charge in [-0.1, -0.05) is 266 Å². The van der Waals surface area contributed by atoms with Crippen molar-refractivity contribution in [3.05, 3.63) is 97.2 Å². The van der Waals surface area contributed by atoms with Crippen LogP contribution in [-0.4, -0.2) is 37.2 Å². The molecule has 1 atom stereocenters. The van der Waals surface area contributed by atoms with Crippen LogP contribution in [0.3, 0.4) is 0 Å². The van der Waals surface area contributed by atoms with Gasteiger partial charge in [-0.15, -0.1) is 0 Å². The summed E-state index contributed by atoms with van der Waals surface area (Å²) in [5.74, 6) is -0.906. The second-order valence-corrected chi connectivity index (χ2v) is 21.3. The van der Waals surface area contributed by atoms with E-state index >= 15 is 0 Å². The van der Waals surface area contributed by atoms with Gasteiger partial charge >= 0.3 is 17.9 Å². The molecule has 0 radical (unpaired) electrons. The zero-order valence-corrected chi connectivity index (χ0v) is 50.0. The van der Waals surface area contributed by atoms with E-state index in [4.69, 9.17) is 14.2 Å². The van der Waals surface area contributed by atoms with Gasteiger partial charge in [0.05, 0.1) is 0 Å². The highest BCUT2D eigenvalue weighted by molar-refractivity contribution is 5.71. The van der Waals surface area contributed by atoms with E-state index in [0.29, 0.717) is 19.3 Å². The summed E-state index contributed by atoms with van der Waals surface area (Å²) < 4.78 is 16.9. The summed E-state index contributed by atoms with van der Waals surface area (Å²) in [6.45, 7) is 6.48. The number of carbonyl (C=O) groups is 3. The predicted molar refractivity (Wildman–Crippen MR) is 330 cm³/mol. The summed E-state index contributed by atoms with van der Waals surface area (Å²) >= 11 is 0. The molecule has 6 nitrogen and oxygen atoms in total. The number of hydrogen-bond acceptors (Lipinski definition) is 6. The normalized spacial score (nSPS) is 12.7. The first-order valence-corrected chi connectivity index (χ1v) is 32.2. The van der Waals surface area contributed by atoms with E-state index < -0.39 is 6.10 Å². The van der Waals surface area contributed by atoms with Gasteiger partial charge in [0.2, 0.25) is 0 Å². The summed E-state index contributed by atoms with van der Waals surface area (Å²) in [5.41, 5.74) is 0. The molecule has 0 aliphatic heterocycles. The van der Waals surface area contributed by atoms with E-state index in [1.807, 2.05) is 0 Å². The van der Waals surface area contributed by atoms with E-state index in [9.17, 15) is 14.4 Å². The molecule has 6 heteroatoms. The predicted octanol–water partition coefficient (Wildman–Crippen LogP) is 22.0. The van der Waals surface area contributed by atoms with Crippen molar-refractivity contribution in [2.24, 2.45) is 0 Å². The van der Waals surface area contributed by atoms with E-state index in [2.05, 4.69) is 118 Å². The molecule has 0 bridgehead atoms. The Hall–Kier alpha value is -3.67. The Morgan fingerprint density at radius 2 is 0.513 bits per heavy atom. The number of unbranched alkanes of at least 4 members (excludes halogenated alkanes) is 31. The number of rotatable bonds is 58. The van der Waals surface area contributed by atoms with Gasteiger partial charge in [0.25, 0.3) is 0 Å². The van der Waals surface area contributed by atoms with Crippen molar-refractivity contribution in [3.8, 4) is 0 Å². The standard InChI is InChI=1S/C70H120O6/c1-4-7-10-13-16-19-22-25-28-30-31-32-33-34-35-36-37-38-39-40-43-45-48-51-54-57-60-63-69(72)75-66-67(65-74-68(71)62-59-56-53-50-47-44-41-27-24-21-18-15-12-9-6-3)76-70(73)64-61-58-55-52-49-46-42-29-26-23-20-17-14-11-8-5-2/h7,10,16,18-21,23,25,27-29,31-32,41-42,67H,4-6,8-9,11-15,17,22,24,26,30,33-40,43-66H2,1-3H3/b10-7-,19-16-,21-18-,23-20-,28-25-,32-31-,41-27-,42-29-. The molecule has 0 aromatic rings. The molecule has 436 valence electrons. The summed E-state index contributed by atoms with van der Waals surface area (Å²) in [5, 5.41) is 0. The van der Waals surface area contributed by atoms with E-state index in [1.54, 1.807) is 0 Å². The lowest BCUT2D eigenvalue weighted by atomic mass is 10.0. The zero-order chi connectivity index (χ0) is 55.0. The molecule has 0 saturated heterocycles. The molecule has 76 heavy (non-hydrogen) atoms. The van der Waals surface area contributed by atoms with Crippen LogP contribution in [0.4, 0.5) is 0 Å². The van der Waals surface area contributed by atoms with Crippen molar-refractivity contribution in [2.75, 3.05) is 13.2 Å². The summed E-state index contributed by atoms with van der Waals surface area (Å²) in [7, 11) is 0. The fourth-order valence-corrected chi connectivity index (χ4v) is 8.97. The van der Waals surface area contributed by atoms with Crippen LogP contribution >= 0.6 is 0 Å². The maximum absolute atomic E-state index is 12.9. The Balaban J connectivity index is 4.31. The summed E-state index contributed by atoms with van der Waals surface area (Å²) in [6, 6.07) is 0. The second-order valence-electron chi connectivity index (χ2n) is 21.3. The summed E-state index contributed by atoms with van der Waals surface area (Å²) in [4.78, 5) is 38.3. The van der Waals surface area contributed by atoms with Crippen LogP contribution in [0.1, 0.15) is 310 Å². The van der Waals surface area contributed by atoms with Gasteiger partial charge in [-0.05, 0) is 122 Å². The van der Waals surface area contributed by atoms with Crippen molar-refractivity contribution >= 4 is 17.9 Å². The molecule has 0 aliphatic rings. The third-order valence-electron chi connectivity index (χ3n) is 13.8. The number of hydrogen-bond donors (Lipinski definition) is 0. The van der Waals surface area contributed by atoms with Crippen LogP contribution in [0.25, 0.3) is 0 Å². The lowest BCUT2D eigenvalue weighted by molar-refractivity contribution is -0.167. The minimum atomic E-state index is -0.792. The molecule has 1 unspecified atom stereocenters. The molecule has 0 aromatic carbocycles. The molecule has 0 aromatic heterocycles. The zero-order valence-electron chi connectivity index (χ0n) is 50.0. The third-order valence-corrected chi connectivity index (χ3v) is 13.8. The monoisotopic (exact) mass is 1060 g/mol.